The van der Waals surface area contributed by atoms with Gasteiger partial charge in [0.1, 0.15) is 0 Å². The minimum Gasteiger partial charge on any atom is -0.368 e. The van der Waals surface area contributed by atoms with Gasteiger partial charge in [-0.25, -0.2) is 9.97 Å². The van der Waals surface area contributed by atoms with E-state index in [0.29, 0.717) is 5.95 Å². The maximum absolute atomic E-state index is 5.56. The first-order valence-electron chi connectivity index (χ1n) is 5.00. The van der Waals surface area contributed by atoms with Gasteiger partial charge in [-0.2, -0.15) is 0 Å². The first-order chi connectivity index (χ1) is 6.98. The van der Waals surface area contributed by atoms with Crippen molar-refractivity contribution in [1.29, 1.82) is 0 Å². The molecule has 0 fully saturated rings. The van der Waals surface area contributed by atoms with E-state index >= 15 is 0 Å². The quantitative estimate of drug-likeness (QED) is 0.712. The lowest BCUT2D eigenvalue weighted by atomic mass is 9.85. The third-order valence-electron chi connectivity index (χ3n) is 2.45. The highest BCUT2D eigenvalue weighted by atomic mass is 15.0. The molecule has 0 aliphatic carbocycles. The molecule has 2 rings (SSSR count). The maximum atomic E-state index is 5.56. The maximum Gasteiger partial charge on any atom is 0.220 e. The van der Waals surface area contributed by atoms with Crippen molar-refractivity contribution >= 4 is 16.9 Å². The summed E-state index contributed by atoms with van der Waals surface area (Å²) in [6, 6.07) is 6.08. The Morgan fingerprint density at radius 1 is 1.20 bits per heavy atom. The predicted molar refractivity (Wildman–Crippen MR) is 62.7 cm³/mol. The van der Waals surface area contributed by atoms with Crippen LogP contribution >= 0.6 is 0 Å². The van der Waals surface area contributed by atoms with Gasteiger partial charge in [-0.1, -0.05) is 32.9 Å². The van der Waals surface area contributed by atoms with Crippen LogP contribution in [-0.2, 0) is 5.41 Å². The molecule has 78 valence electrons. The molecule has 3 heteroatoms. The van der Waals surface area contributed by atoms with E-state index in [1.165, 1.54) is 5.56 Å². The van der Waals surface area contributed by atoms with E-state index in [0.717, 1.165) is 10.9 Å². The highest BCUT2D eigenvalue weighted by Crippen LogP contribution is 2.28. The summed E-state index contributed by atoms with van der Waals surface area (Å²) in [5.41, 5.74) is 7.82. The average Bonchev–Trinajstić information content (AvgIpc) is 2.15. The Morgan fingerprint density at radius 2 is 1.93 bits per heavy atom. The van der Waals surface area contributed by atoms with E-state index in [-0.39, 0.29) is 5.41 Å². The normalized spacial score (nSPS) is 11.9. The molecule has 1 aromatic carbocycles. The van der Waals surface area contributed by atoms with Crippen LogP contribution < -0.4 is 5.73 Å². The van der Waals surface area contributed by atoms with Gasteiger partial charge in [0.25, 0.3) is 0 Å². The Hall–Kier alpha value is -1.64. The molecule has 0 radical (unpaired) electrons. The van der Waals surface area contributed by atoms with E-state index in [4.69, 9.17) is 5.73 Å². The second-order valence-electron chi connectivity index (χ2n) is 4.72. The molecule has 0 unspecified atom stereocenters. The van der Waals surface area contributed by atoms with Crippen molar-refractivity contribution in [2.45, 2.75) is 26.2 Å². The Kier molecular flexibility index (Phi) is 2.11. The van der Waals surface area contributed by atoms with Crippen LogP contribution in [-0.4, -0.2) is 9.97 Å². The second-order valence-corrected chi connectivity index (χ2v) is 4.72. The van der Waals surface area contributed by atoms with Crippen molar-refractivity contribution in [2.24, 2.45) is 0 Å². The SMILES string of the molecule is CC(C)(C)c1cccc2nc(N)ncc12. The molecule has 3 nitrogen and oxygen atoms in total. The van der Waals surface area contributed by atoms with Crippen LogP contribution in [0.4, 0.5) is 5.95 Å². The Bertz CT molecular complexity index is 498. The zero-order valence-electron chi connectivity index (χ0n) is 9.28. The molecule has 0 saturated carbocycles. The second kappa shape index (κ2) is 3.19. The minimum atomic E-state index is 0.0962. The summed E-state index contributed by atoms with van der Waals surface area (Å²) in [7, 11) is 0. The van der Waals surface area contributed by atoms with E-state index < -0.39 is 0 Å². The van der Waals surface area contributed by atoms with Crippen LogP contribution in [0, 0.1) is 0 Å². The first-order valence-corrected chi connectivity index (χ1v) is 5.00. The lowest BCUT2D eigenvalue weighted by Gasteiger charge is -2.20. The number of nitrogen functional groups attached to an aromatic ring is 1. The smallest absolute Gasteiger partial charge is 0.220 e. The molecule has 1 aromatic heterocycles. The molecule has 2 N–H and O–H groups in total. The van der Waals surface area contributed by atoms with E-state index in [1.54, 1.807) is 6.20 Å². The third-order valence-corrected chi connectivity index (χ3v) is 2.45. The number of rotatable bonds is 0. The highest BCUT2D eigenvalue weighted by Gasteiger charge is 2.16. The fourth-order valence-electron chi connectivity index (χ4n) is 1.72. The standard InChI is InChI=1S/C12H15N3/c1-12(2,3)9-5-4-6-10-8(9)7-14-11(13)15-10/h4-7H,1-3H3,(H2,13,14,15). The number of benzene rings is 1. The van der Waals surface area contributed by atoms with Crippen LogP contribution in [0.5, 0.6) is 0 Å². The van der Waals surface area contributed by atoms with Gasteiger partial charge in [0.05, 0.1) is 5.52 Å². The molecule has 0 saturated heterocycles. The number of hydrogen-bond donors (Lipinski definition) is 1. The molecule has 0 aliphatic rings. The van der Waals surface area contributed by atoms with Gasteiger partial charge in [-0.05, 0) is 17.0 Å². The van der Waals surface area contributed by atoms with Crippen LogP contribution in [0.2, 0.25) is 0 Å². The summed E-state index contributed by atoms with van der Waals surface area (Å²) in [6.07, 6.45) is 1.80. The molecule has 0 spiro atoms. The van der Waals surface area contributed by atoms with Gasteiger partial charge in [0, 0.05) is 11.6 Å². The number of nitrogens with zero attached hydrogens (tertiary/aromatic N) is 2. The van der Waals surface area contributed by atoms with Crippen LogP contribution in [0.25, 0.3) is 10.9 Å². The lowest BCUT2D eigenvalue weighted by Crippen LogP contribution is -2.12. The van der Waals surface area contributed by atoms with E-state index in [2.05, 4.69) is 36.8 Å². The van der Waals surface area contributed by atoms with Gasteiger partial charge in [0.2, 0.25) is 5.95 Å². The van der Waals surface area contributed by atoms with Gasteiger partial charge in [-0.15, -0.1) is 0 Å². The Morgan fingerprint density at radius 3 is 2.60 bits per heavy atom. The third kappa shape index (κ3) is 1.77. The molecule has 0 aliphatic heterocycles. The average molecular weight is 201 g/mol. The summed E-state index contributed by atoms with van der Waals surface area (Å²) in [4.78, 5) is 8.26. The van der Waals surface area contributed by atoms with Crippen LogP contribution in [0.3, 0.4) is 0 Å². The zero-order chi connectivity index (χ0) is 11.1. The van der Waals surface area contributed by atoms with Gasteiger partial charge < -0.3 is 5.73 Å². The van der Waals surface area contributed by atoms with Crippen LogP contribution in [0.15, 0.2) is 24.4 Å². The minimum absolute atomic E-state index is 0.0962. The highest BCUT2D eigenvalue weighted by molar-refractivity contribution is 5.83. The number of anilines is 1. The molecular weight excluding hydrogens is 186 g/mol. The molecule has 15 heavy (non-hydrogen) atoms. The monoisotopic (exact) mass is 201 g/mol. The Labute approximate surface area is 89.4 Å². The van der Waals surface area contributed by atoms with Crippen molar-refractivity contribution in [2.75, 3.05) is 5.73 Å². The van der Waals surface area contributed by atoms with Gasteiger partial charge >= 0.3 is 0 Å². The number of fused-ring (bicyclic) bond motifs is 1. The molecule has 0 atom stereocenters. The fraction of sp³-hybridized carbons (Fsp3) is 0.333. The summed E-state index contributed by atoms with van der Waals surface area (Å²) in [5, 5.41) is 1.08. The lowest BCUT2D eigenvalue weighted by molar-refractivity contribution is 0.595. The Balaban J connectivity index is 2.77. The van der Waals surface area contributed by atoms with Crippen molar-refractivity contribution < 1.29 is 0 Å². The number of hydrogen-bond acceptors (Lipinski definition) is 3. The molecule has 2 aromatic rings. The zero-order valence-corrected chi connectivity index (χ0v) is 9.28. The first kappa shape index (κ1) is 9.90. The largest absolute Gasteiger partial charge is 0.368 e. The van der Waals surface area contributed by atoms with E-state index in [1.807, 2.05) is 12.1 Å². The van der Waals surface area contributed by atoms with Crippen molar-refractivity contribution in [3.63, 3.8) is 0 Å². The summed E-state index contributed by atoms with van der Waals surface area (Å²) < 4.78 is 0. The molecule has 1 heterocycles. The number of aromatic nitrogens is 2. The molecule has 0 bridgehead atoms. The summed E-state index contributed by atoms with van der Waals surface area (Å²) >= 11 is 0. The van der Waals surface area contributed by atoms with Crippen molar-refractivity contribution in [3.05, 3.63) is 30.0 Å². The van der Waals surface area contributed by atoms with E-state index in [9.17, 15) is 0 Å². The van der Waals surface area contributed by atoms with Crippen LogP contribution in [0.1, 0.15) is 26.3 Å². The fourth-order valence-corrected chi connectivity index (χ4v) is 1.72. The topological polar surface area (TPSA) is 51.8 Å². The summed E-state index contributed by atoms with van der Waals surface area (Å²) in [6.45, 7) is 6.54. The predicted octanol–water partition coefficient (Wildman–Crippen LogP) is 2.51. The van der Waals surface area contributed by atoms with Crippen molar-refractivity contribution in [3.8, 4) is 0 Å². The van der Waals surface area contributed by atoms with Crippen molar-refractivity contribution in [1.82, 2.24) is 9.97 Å². The van der Waals surface area contributed by atoms with Gasteiger partial charge in [0.15, 0.2) is 0 Å². The van der Waals surface area contributed by atoms with Gasteiger partial charge in [-0.3, -0.25) is 0 Å². The summed E-state index contributed by atoms with van der Waals surface area (Å²) in [5.74, 6) is 0.327. The molecule has 0 amide bonds. The number of nitrogens with two attached hydrogens (primary N) is 1. The molecular formula is C12H15N3.